The molecule has 1 unspecified atom stereocenters. The van der Waals surface area contributed by atoms with E-state index in [1.54, 1.807) is 0 Å². The van der Waals surface area contributed by atoms with Crippen LogP contribution in [0.2, 0.25) is 0 Å². The first-order chi connectivity index (χ1) is 8.01. The third-order valence-electron chi connectivity index (χ3n) is 3.75. The molecule has 0 saturated heterocycles. The minimum atomic E-state index is -0.479. The summed E-state index contributed by atoms with van der Waals surface area (Å²) in [5, 5.41) is 0. The van der Waals surface area contributed by atoms with Crippen molar-refractivity contribution in [2.75, 3.05) is 7.11 Å². The molecule has 1 aromatic carbocycles. The number of esters is 1. The SMILES string of the molecule is COC(=O)C1(C(N)c2cc(C)ccc2C)CC1. The molecule has 2 N–H and O–H groups in total. The summed E-state index contributed by atoms with van der Waals surface area (Å²) >= 11 is 0. The number of carbonyl (C=O) groups excluding carboxylic acids is 1. The fourth-order valence-corrected chi connectivity index (χ4v) is 2.37. The summed E-state index contributed by atoms with van der Waals surface area (Å²) < 4.78 is 4.87. The Morgan fingerprint density at radius 2 is 2.06 bits per heavy atom. The average molecular weight is 233 g/mol. The van der Waals surface area contributed by atoms with Crippen LogP contribution in [-0.4, -0.2) is 13.1 Å². The molecule has 92 valence electrons. The van der Waals surface area contributed by atoms with Crippen LogP contribution >= 0.6 is 0 Å². The molecular formula is C14H19NO2. The zero-order valence-corrected chi connectivity index (χ0v) is 10.6. The second-order valence-electron chi connectivity index (χ2n) is 4.99. The first-order valence-corrected chi connectivity index (χ1v) is 5.92. The van der Waals surface area contributed by atoms with E-state index in [-0.39, 0.29) is 12.0 Å². The number of ether oxygens (including phenoxy) is 1. The van der Waals surface area contributed by atoms with Gasteiger partial charge in [0, 0.05) is 6.04 Å². The van der Waals surface area contributed by atoms with Crippen molar-refractivity contribution in [3.05, 3.63) is 34.9 Å². The van der Waals surface area contributed by atoms with Gasteiger partial charge in [-0.25, -0.2) is 0 Å². The molecule has 17 heavy (non-hydrogen) atoms. The van der Waals surface area contributed by atoms with Crippen LogP contribution < -0.4 is 5.73 Å². The Bertz CT molecular complexity index is 450. The number of benzene rings is 1. The summed E-state index contributed by atoms with van der Waals surface area (Å²) in [4.78, 5) is 11.8. The normalized spacial score (nSPS) is 18.6. The van der Waals surface area contributed by atoms with E-state index in [0.29, 0.717) is 0 Å². The molecule has 1 aromatic rings. The highest BCUT2D eigenvalue weighted by Gasteiger charge is 2.56. The van der Waals surface area contributed by atoms with E-state index in [1.165, 1.54) is 12.7 Å². The third kappa shape index (κ3) is 1.95. The standard InChI is InChI=1S/C14H19NO2/c1-9-4-5-10(2)11(8-9)12(15)14(6-7-14)13(16)17-3/h4-5,8,12H,6-7,15H2,1-3H3. The van der Waals surface area contributed by atoms with Gasteiger partial charge >= 0.3 is 5.97 Å². The maximum absolute atomic E-state index is 11.8. The Kier molecular flexibility index (Phi) is 2.96. The van der Waals surface area contributed by atoms with Crippen LogP contribution in [0.3, 0.4) is 0 Å². The van der Waals surface area contributed by atoms with E-state index in [4.69, 9.17) is 10.5 Å². The molecule has 1 atom stereocenters. The van der Waals surface area contributed by atoms with E-state index in [0.717, 1.165) is 24.0 Å². The van der Waals surface area contributed by atoms with Crippen LogP contribution in [0, 0.1) is 19.3 Å². The van der Waals surface area contributed by atoms with Crippen molar-refractivity contribution in [2.45, 2.75) is 32.7 Å². The minimum absolute atomic E-state index is 0.175. The van der Waals surface area contributed by atoms with E-state index in [1.807, 2.05) is 13.8 Å². The van der Waals surface area contributed by atoms with E-state index < -0.39 is 5.41 Å². The molecule has 0 bridgehead atoms. The van der Waals surface area contributed by atoms with Crippen LogP contribution in [0.5, 0.6) is 0 Å². The molecular weight excluding hydrogens is 214 g/mol. The summed E-state index contributed by atoms with van der Waals surface area (Å²) in [6, 6.07) is 5.93. The lowest BCUT2D eigenvalue weighted by molar-refractivity contribution is -0.148. The van der Waals surface area contributed by atoms with Crippen molar-refractivity contribution in [3.8, 4) is 0 Å². The molecule has 0 aromatic heterocycles. The quantitative estimate of drug-likeness (QED) is 0.815. The van der Waals surface area contributed by atoms with Crippen LogP contribution in [0.25, 0.3) is 0 Å². The van der Waals surface area contributed by atoms with Crippen molar-refractivity contribution in [1.29, 1.82) is 0 Å². The van der Waals surface area contributed by atoms with Gasteiger partial charge in [-0.2, -0.15) is 0 Å². The predicted molar refractivity (Wildman–Crippen MR) is 66.5 cm³/mol. The molecule has 3 nitrogen and oxygen atoms in total. The van der Waals surface area contributed by atoms with Crippen molar-refractivity contribution < 1.29 is 9.53 Å². The van der Waals surface area contributed by atoms with Crippen molar-refractivity contribution >= 4 is 5.97 Å². The lowest BCUT2D eigenvalue weighted by Crippen LogP contribution is -2.31. The Balaban J connectivity index is 2.34. The largest absolute Gasteiger partial charge is 0.469 e. The highest BCUT2D eigenvalue weighted by atomic mass is 16.5. The predicted octanol–water partition coefficient (Wildman–Crippen LogP) is 2.26. The molecule has 0 aliphatic heterocycles. The topological polar surface area (TPSA) is 52.3 Å². The second-order valence-corrected chi connectivity index (χ2v) is 4.99. The van der Waals surface area contributed by atoms with Gasteiger partial charge in [0.2, 0.25) is 0 Å². The molecule has 0 amide bonds. The minimum Gasteiger partial charge on any atom is -0.469 e. The summed E-state index contributed by atoms with van der Waals surface area (Å²) in [6.45, 7) is 4.06. The Hall–Kier alpha value is -1.35. The zero-order valence-electron chi connectivity index (χ0n) is 10.6. The molecule has 1 aliphatic carbocycles. The average Bonchev–Trinajstić information content (AvgIpc) is 3.11. The van der Waals surface area contributed by atoms with Crippen LogP contribution in [0.15, 0.2) is 18.2 Å². The number of aryl methyl sites for hydroxylation is 2. The maximum Gasteiger partial charge on any atom is 0.313 e. The zero-order chi connectivity index (χ0) is 12.6. The van der Waals surface area contributed by atoms with Crippen LogP contribution in [-0.2, 0) is 9.53 Å². The number of hydrogen-bond donors (Lipinski definition) is 1. The highest BCUT2D eigenvalue weighted by Crippen LogP contribution is 2.55. The van der Waals surface area contributed by atoms with Gasteiger partial charge in [0.05, 0.1) is 12.5 Å². The first-order valence-electron chi connectivity index (χ1n) is 5.92. The summed E-state index contributed by atoms with van der Waals surface area (Å²) in [6.07, 6.45) is 1.66. The molecule has 3 heteroatoms. The number of nitrogens with two attached hydrogens (primary N) is 1. The van der Waals surface area contributed by atoms with Gasteiger partial charge < -0.3 is 10.5 Å². The van der Waals surface area contributed by atoms with Crippen molar-refractivity contribution in [1.82, 2.24) is 0 Å². The Morgan fingerprint density at radius 3 is 2.59 bits per heavy atom. The molecule has 0 radical (unpaired) electrons. The molecule has 1 aliphatic rings. The van der Waals surface area contributed by atoms with E-state index >= 15 is 0 Å². The van der Waals surface area contributed by atoms with Crippen LogP contribution in [0.1, 0.15) is 35.6 Å². The van der Waals surface area contributed by atoms with Crippen LogP contribution in [0.4, 0.5) is 0 Å². The molecule has 0 heterocycles. The highest BCUT2D eigenvalue weighted by molar-refractivity contribution is 5.81. The van der Waals surface area contributed by atoms with E-state index in [9.17, 15) is 4.79 Å². The Labute approximate surface area is 102 Å². The van der Waals surface area contributed by atoms with E-state index in [2.05, 4.69) is 18.2 Å². The van der Waals surface area contributed by atoms with Gasteiger partial charge in [-0.3, -0.25) is 4.79 Å². The lowest BCUT2D eigenvalue weighted by Gasteiger charge is -2.23. The monoisotopic (exact) mass is 233 g/mol. The van der Waals surface area contributed by atoms with Gasteiger partial charge in [0.15, 0.2) is 0 Å². The molecule has 1 fully saturated rings. The molecule has 0 spiro atoms. The summed E-state index contributed by atoms with van der Waals surface area (Å²) in [7, 11) is 1.43. The summed E-state index contributed by atoms with van der Waals surface area (Å²) in [5.41, 5.74) is 9.17. The number of methoxy groups -OCH3 is 1. The third-order valence-corrected chi connectivity index (χ3v) is 3.75. The van der Waals surface area contributed by atoms with Crippen molar-refractivity contribution in [3.63, 3.8) is 0 Å². The van der Waals surface area contributed by atoms with Gasteiger partial charge in [-0.05, 0) is 37.8 Å². The van der Waals surface area contributed by atoms with Crippen molar-refractivity contribution in [2.24, 2.45) is 11.1 Å². The smallest absolute Gasteiger partial charge is 0.313 e. The van der Waals surface area contributed by atoms with Gasteiger partial charge in [0.1, 0.15) is 0 Å². The number of rotatable bonds is 3. The van der Waals surface area contributed by atoms with Gasteiger partial charge in [-0.15, -0.1) is 0 Å². The first kappa shape index (κ1) is 12.1. The Morgan fingerprint density at radius 1 is 1.41 bits per heavy atom. The number of hydrogen-bond acceptors (Lipinski definition) is 3. The number of carbonyl (C=O) groups is 1. The lowest BCUT2D eigenvalue weighted by atomic mass is 9.87. The molecule has 2 rings (SSSR count). The maximum atomic E-state index is 11.8. The second kappa shape index (κ2) is 4.15. The van der Waals surface area contributed by atoms with Gasteiger partial charge in [0.25, 0.3) is 0 Å². The van der Waals surface area contributed by atoms with Gasteiger partial charge in [-0.1, -0.05) is 23.8 Å². The fourth-order valence-electron chi connectivity index (χ4n) is 2.37. The fraction of sp³-hybridized carbons (Fsp3) is 0.500. The summed E-state index contributed by atoms with van der Waals surface area (Å²) in [5.74, 6) is -0.175. The molecule has 1 saturated carbocycles.